The van der Waals surface area contributed by atoms with E-state index in [1.54, 1.807) is 4.90 Å². The van der Waals surface area contributed by atoms with Gasteiger partial charge in [0.05, 0.1) is 13.1 Å². The Labute approximate surface area is 112 Å². The molecule has 0 fully saturated rings. The van der Waals surface area contributed by atoms with Crippen LogP contribution in [0.1, 0.15) is 11.1 Å². The molecular formula is C13H20N4O2. The summed E-state index contributed by atoms with van der Waals surface area (Å²) in [6, 6.07) is 5.81. The maximum absolute atomic E-state index is 11.1. The molecule has 0 aliphatic heterocycles. The molecule has 0 atom stereocenters. The third-order valence-corrected chi connectivity index (χ3v) is 2.68. The van der Waals surface area contributed by atoms with Crippen LogP contribution in [-0.4, -0.2) is 32.0 Å². The average molecular weight is 264 g/mol. The summed E-state index contributed by atoms with van der Waals surface area (Å²) in [6.07, 6.45) is 0. The lowest BCUT2D eigenvalue weighted by Crippen LogP contribution is -2.40. The summed E-state index contributed by atoms with van der Waals surface area (Å²) in [4.78, 5) is 23.7. The van der Waals surface area contributed by atoms with Crippen molar-refractivity contribution in [2.24, 2.45) is 11.5 Å². The highest BCUT2D eigenvalue weighted by atomic mass is 16.2. The fourth-order valence-electron chi connectivity index (χ4n) is 1.99. The number of primary amides is 2. The Hall–Kier alpha value is -2.08. The van der Waals surface area contributed by atoms with E-state index in [9.17, 15) is 9.59 Å². The standard InChI is InChI=1S/C13H20N4O2/c1-9-5-10(6-16-2)3-4-11(9)17(7-12(14)18)8-13(15)19/h3-5,16H,6-8H2,1-2H3,(H2,14,18)(H2,15,19). The van der Waals surface area contributed by atoms with E-state index in [4.69, 9.17) is 11.5 Å². The number of nitrogens with two attached hydrogens (primary N) is 2. The number of nitrogens with one attached hydrogen (secondary N) is 1. The molecule has 0 bridgehead atoms. The Bertz CT molecular complexity index is 458. The molecule has 0 saturated carbocycles. The van der Waals surface area contributed by atoms with Crippen molar-refractivity contribution in [2.45, 2.75) is 13.5 Å². The fourth-order valence-corrected chi connectivity index (χ4v) is 1.99. The third kappa shape index (κ3) is 4.59. The molecule has 0 aromatic heterocycles. The lowest BCUT2D eigenvalue weighted by Gasteiger charge is -2.24. The molecule has 1 aromatic carbocycles. The Morgan fingerprint density at radius 2 is 1.79 bits per heavy atom. The molecule has 0 saturated heterocycles. The minimum atomic E-state index is -0.500. The van der Waals surface area contributed by atoms with Crippen molar-refractivity contribution < 1.29 is 9.59 Å². The minimum Gasteiger partial charge on any atom is -0.368 e. The van der Waals surface area contributed by atoms with E-state index in [0.29, 0.717) is 0 Å². The van der Waals surface area contributed by atoms with E-state index in [0.717, 1.165) is 23.4 Å². The quantitative estimate of drug-likeness (QED) is 0.617. The van der Waals surface area contributed by atoms with E-state index in [1.807, 2.05) is 32.2 Å². The number of hydrogen-bond acceptors (Lipinski definition) is 4. The van der Waals surface area contributed by atoms with E-state index in [-0.39, 0.29) is 13.1 Å². The fraction of sp³-hybridized carbons (Fsp3) is 0.385. The Morgan fingerprint density at radius 1 is 1.21 bits per heavy atom. The average Bonchev–Trinajstić information content (AvgIpc) is 2.27. The first kappa shape index (κ1) is 15.0. The SMILES string of the molecule is CNCc1ccc(N(CC(N)=O)CC(N)=O)c(C)c1. The van der Waals surface area contributed by atoms with Crippen LogP contribution in [0.4, 0.5) is 5.69 Å². The van der Waals surface area contributed by atoms with Crippen molar-refractivity contribution in [2.75, 3.05) is 25.0 Å². The highest BCUT2D eigenvalue weighted by molar-refractivity contribution is 5.85. The monoisotopic (exact) mass is 264 g/mol. The van der Waals surface area contributed by atoms with Gasteiger partial charge < -0.3 is 21.7 Å². The van der Waals surface area contributed by atoms with Gasteiger partial charge in [0.15, 0.2) is 0 Å². The summed E-state index contributed by atoms with van der Waals surface area (Å²) in [7, 11) is 1.87. The molecule has 6 heteroatoms. The van der Waals surface area contributed by atoms with E-state index >= 15 is 0 Å². The van der Waals surface area contributed by atoms with Crippen LogP contribution in [0, 0.1) is 6.92 Å². The van der Waals surface area contributed by atoms with Crippen LogP contribution in [-0.2, 0) is 16.1 Å². The third-order valence-electron chi connectivity index (χ3n) is 2.68. The van der Waals surface area contributed by atoms with Gasteiger partial charge in [0.1, 0.15) is 0 Å². The van der Waals surface area contributed by atoms with Crippen LogP contribution in [0.25, 0.3) is 0 Å². The molecule has 1 rings (SSSR count). The zero-order valence-corrected chi connectivity index (χ0v) is 11.3. The number of amides is 2. The second kappa shape index (κ2) is 6.75. The molecule has 19 heavy (non-hydrogen) atoms. The highest BCUT2D eigenvalue weighted by Gasteiger charge is 2.14. The minimum absolute atomic E-state index is 0.0326. The summed E-state index contributed by atoms with van der Waals surface area (Å²) in [5, 5.41) is 3.06. The summed E-state index contributed by atoms with van der Waals surface area (Å²) in [5.74, 6) is -1.00. The predicted octanol–water partition coefficient (Wildman–Crippen LogP) is -0.509. The van der Waals surface area contributed by atoms with E-state index in [1.165, 1.54) is 0 Å². The zero-order valence-electron chi connectivity index (χ0n) is 11.3. The Balaban J connectivity index is 3.00. The molecular weight excluding hydrogens is 244 g/mol. The van der Waals surface area contributed by atoms with Crippen LogP contribution in [0.15, 0.2) is 18.2 Å². The van der Waals surface area contributed by atoms with Crippen LogP contribution in [0.5, 0.6) is 0 Å². The number of hydrogen-bond donors (Lipinski definition) is 3. The maximum atomic E-state index is 11.1. The van der Waals surface area contributed by atoms with Crippen molar-refractivity contribution in [1.29, 1.82) is 0 Å². The Kier molecular flexibility index (Phi) is 5.32. The van der Waals surface area contributed by atoms with Gasteiger partial charge >= 0.3 is 0 Å². The van der Waals surface area contributed by atoms with Gasteiger partial charge in [0.25, 0.3) is 0 Å². The first-order valence-electron chi connectivity index (χ1n) is 5.99. The summed E-state index contributed by atoms with van der Waals surface area (Å²) in [6.45, 7) is 2.61. The lowest BCUT2D eigenvalue weighted by molar-refractivity contribution is -0.117. The number of rotatable bonds is 7. The Morgan fingerprint density at radius 3 is 2.21 bits per heavy atom. The van der Waals surface area contributed by atoms with Crippen LogP contribution < -0.4 is 21.7 Å². The van der Waals surface area contributed by atoms with Crippen LogP contribution in [0.2, 0.25) is 0 Å². The zero-order chi connectivity index (χ0) is 14.4. The second-order valence-electron chi connectivity index (χ2n) is 4.44. The van der Waals surface area contributed by atoms with Crippen molar-refractivity contribution >= 4 is 17.5 Å². The van der Waals surface area contributed by atoms with Crippen molar-refractivity contribution in [3.8, 4) is 0 Å². The molecule has 0 aliphatic rings. The summed E-state index contributed by atoms with van der Waals surface area (Å²) in [5.41, 5.74) is 13.3. The van der Waals surface area contributed by atoms with Crippen LogP contribution in [0.3, 0.4) is 0 Å². The van der Waals surface area contributed by atoms with Crippen molar-refractivity contribution in [3.05, 3.63) is 29.3 Å². The van der Waals surface area contributed by atoms with Gasteiger partial charge in [-0.2, -0.15) is 0 Å². The molecule has 0 heterocycles. The predicted molar refractivity (Wildman–Crippen MR) is 74.5 cm³/mol. The van der Waals surface area contributed by atoms with E-state index in [2.05, 4.69) is 5.32 Å². The van der Waals surface area contributed by atoms with Gasteiger partial charge in [0, 0.05) is 12.2 Å². The van der Waals surface area contributed by atoms with Crippen molar-refractivity contribution in [1.82, 2.24) is 5.32 Å². The summed E-state index contributed by atoms with van der Waals surface area (Å²) < 4.78 is 0. The van der Waals surface area contributed by atoms with Gasteiger partial charge in [-0.05, 0) is 31.2 Å². The largest absolute Gasteiger partial charge is 0.368 e. The van der Waals surface area contributed by atoms with Gasteiger partial charge in [-0.25, -0.2) is 0 Å². The first-order valence-corrected chi connectivity index (χ1v) is 5.99. The highest BCUT2D eigenvalue weighted by Crippen LogP contribution is 2.21. The molecule has 2 amide bonds. The normalized spacial score (nSPS) is 10.2. The van der Waals surface area contributed by atoms with Gasteiger partial charge in [0.2, 0.25) is 11.8 Å². The molecule has 0 spiro atoms. The molecule has 5 N–H and O–H groups in total. The number of anilines is 1. The number of aryl methyl sites for hydroxylation is 1. The molecule has 6 nitrogen and oxygen atoms in total. The number of nitrogens with zero attached hydrogens (tertiary/aromatic N) is 1. The maximum Gasteiger partial charge on any atom is 0.236 e. The van der Waals surface area contributed by atoms with Crippen LogP contribution >= 0.6 is 0 Å². The molecule has 0 unspecified atom stereocenters. The number of carbonyl (C=O) groups excluding carboxylic acids is 2. The van der Waals surface area contributed by atoms with Crippen molar-refractivity contribution in [3.63, 3.8) is 0 Å². The summed E-state index contributed by atoms with van der Waals surface area (Å²) >= 11 is 0. The lowest BCUT2D eigenvalue weighted by atomic mass is 10.1. The molecule has 104 valence electrons. The van der Waals surface area contributed by atoms with E-state index < -0.39 is 11.8 Å². The van der Waals surface area contributed by atoms with Gasteiger partial charge in [-0.3, -0.25) is 9.59 Å². The first-order chi connectivity index (χ1) is 8.93. The molecule has 1 aromatic rings. The number of benzene rings is 1. The molecule has 0 aliphatic carbocycles. The van der Waals surface area contributed by atoms with Gasteiger partial charge in [-0.1, -0.05) is 12.1 Å². The topological polar surface area (TPSA) is 101 Å². The smallest absolute Gasteiger partial charge is 0.236 e. The second-order valence-corrected chi connectivity index (χ2v) is 4.44. The molecule has 0 radical (unpaired) electrons. The van der Waals surface area contributed by atoms with Gasteiger partial charge in [-0.15, -0.1) is 0 Å². The number of carbonyl (C=O) groups is 2.